The summed E-state index contributed by atoms with van der Waals surface area (Å²) in [5.74, 6) is 0.676. The molecule has 0 saturated carbocycles. The summed E-state index contributed by atoms with van der Waals surface area (Å²) < 4.78 is 5.62. The minimum Gasteiger partial charge on any atom is -0.458 e. The van der Waals surface area contributed by atoms with Gasteiger partial charge >= 0.3 is 0 Å². The predicted octanol–water partition coefficient (Wildman–Crippen LogP) is 2.08. The summed E-state index contributed by atoms with van der Waals surface area (Å²) in [6.45, 7) is 1.76. The van der Waals surface area contributed by atoms with Gasteiger partial charge in [0.15, 0.2) is 10.9 Å². The third-order valence-electron chi connectivity index (χ3n) is 2.95. The number of hydrogen-bond acceptors (Lipinski definition) is 7. The summed E-state index contributed by atoms with van der Waals surface area (Å²) in [7, 11) is 0. The fourth-order valence-electron chi connectivity index (χ4n) is 1.84. The molecule has 3 heterocycles. The van der Waals surface area contributed by atoms with Crippen molar-refractivity contribution >= 4 is 28.3 Å². The number of amides is 2. The van der Waals surface area contributed by atoms with E-state index in [9.17, 15) is 9.59 Å². The van der Waals surface area contributed by atoms with Gasteiger partial charge in [-0.2, -0.15) is 0 Å². The molecule has 0 spiro atoms. The molecular weight excluding hydrogens is 330 g/mol. The van der Waals surface area contributed by atoms with Crippen molar-refractivity contribution in [2.45, 2.75) is 13.5 Å². The Morgan fingerprint density at radius 2 is 2.17 bits per heavy atom. The van der Waals surface area contributed by atoms with Gasteiger partial charge in [-0.25, -0.2) is 9.97 Å². The van der Waals surface area contributed by atoms with Gasteiger partial charge in [0.1, 0.15) is 17.1 Å². The first kappa shape index (κ1) is 15.8. The van der Waals surface area contributed by atoms with Crippen molar-refractivity contribution in [3.63, 3.8) is 0 Å². The van der Waals surface area contributed by atoms with Gasteiger partial charge in [-0.3, -0.25) is 19.9 Å². The number of rotatable bonds is 5. The number of aromatic nitrogens is 3. The molecule has 24 heavy (non-hydrogen) atoms. The fourth-order valence-corrected chi connectivity index (χ4v) is 2.54. The highest BCUT2D eigenvalue weighted by atomic mass is 32.1. The van der Waals surface area contributed by atoms with E-state index < -0.39 is 0 Å². The van der Waals surface area contributed by atoms with Crippen molar-refractivity contribution in [1.82, 2.24) is 20.3 Å². The van der Waals surface area contributed by atoms with Gasteiger partial charge in [-0.15, -0.1) is 11.3 Å². The summed E-state index contributed by atoms with van der Waals surface area (Å²) in [4.78, 5) is 35.0. The molecule has 3 aromatic rings. The number of nitrogens with one attached hydrogen (secondary N) is 2. The van der Waals surface area contributed by atoms with E-state index in [1.165, 1.54) is 36.9 Å². The zero-order valence-electron chi connectivity index (χ0n) is 12.6. The Bertz CT molecular complexity index is 859. The Kier molecular flexibility index (Phi) is 4.62. The second-order valence-corrected chi connectivity index (χ2v) is 5.62. The van der Waals surface area contributed by atoms with Gasteiger partial charge in [0.05, 0.1) is 12.7 Å². The summed E-state index contributed by atoms with van der Waals surface area (Å²) >= 11 is 1.27. The smallest absolute Gasteiger partial charge is 0.277 e. The van der Waals surface area contributed by atoms with Crippen molar-refractivity contribution in [3.8, 4) is 11.5 Å². The summed E-state index contributed by atoms with van der Waals surface area (Å²) in [5, 5.41) is 7.52. The van der Waals surface area contributed by atoms with Crippen molar-refractivity contribution in [1.29, 1.82) is 0 Å². The van der Waals surface area contributed by atoms with Crippen LogP contribution in [0.5, 0.6) is 0 Å². The quantitative estimate of drug-likeness (QED) is 0.734. The molecule has 9 heteroatoms. The first-order valence-electron chi connectivity index (χ1n) is 6.98. The Morgan fingerprint density at radius 3 is 2.92 bits per heavy atom. The van der Waals surface area contributed by atoms with Crippen LogP contribution in [-0.4, -0.2) is 26.8 Å². The van der Waals surface area contributed by atoms with E-state index >= 15 is 0 Å². The van der Waals surface area contributed by atoms with Crippen LogP contribution in [0.2, 0.25) is 0 Å². The SMILES string of the molecule is CC(=O)NCc1ccc(-c2csc(NC(=O)c3cnccn3)n2)o1. The van der Waals surface area contributed by atoms with E-state index in [4.69, 9.17) is 4.42 Å². The van der Waals surface area contributed by atoms with Crippen molar-refractivity contribution in [3.05, 3.63) is 47.6 Å². The zero-order chi connectivity index (χ0) is 16.9. The molecule has 0 aliphatic heterocycles. The van der Waals surface area contributed by atoms with Crippen LogP contribution in [0, 0.1) is 0 Å². The van der Waals surface area contributed by atoms with Gasteiger partial charge in [-0.05, 0) is 12.1 Å². The molecular formula is C15H13N5O3S. The molecule has 0 aliphatic rings. The maximum Gasteiger partial charge on any atom is 0.277 e. The monoisotopic (exact) mass is 343 g/mol. The van der Waals surface area contributed by atoms with Gasteiger partial charge < -0.3 is 9.73 Å². The molecule has 8 nitrogen and oxygen atoms in total. The molecule has 0 aliphatic carbocycles. The molecule has 3 aromatic heterocycles. The van der Waals surface area contributed by atoms with Crippen LogP contribution in [0.3, 0.4) is 0 Å². The highest BCUT2D eigenvalue weighted by molar-refractivity contribution is 7.14. The van der Waals surface area contributed by atoms with Gasteiger partial charge in [-0.1, -0.05) is 0 Å². The second kappa shape index (κ2) is 7.01. The molecule has 0 atom stereocenters. The molecule has 0 radical (unpaired) electrons. The molecule has 0 fully saturated rings. The summed E-state index contributed by atoms with van der Waals surface area (Å²) in [5.41, 5.74) is 0.813. The highest BCUT2D eigenvalue weighted by Crippen LogP contribution is 2.26. The first-order chi connectivity index (χ1) is 11.6. The number of furan rings is 1. The fraction of sp³-hybridized carbons (Fsp3) is 0.133. The Balaban J connectivity index is 1.67. The highest BCUT2D eigenvalue weighted by Gasteiger charge is 2.13. The van der Waals surface area contributed by atoms with E-state index in [0.29, 0.717) is 28.9 Å². The zero-order valence-corrected chi connectivity index (χ0v) is 13.5. The summed E-state index contributed by atoms with van der Waals surface area (Å²) in [6.07, 6.45) is 4.32. The molecule has 0 bridgehead atoms. The van der Waals surface area contributed by atoms with E-state index in [1.807, 2.05) is 0 Å². The lowest BCUT2D eigenvalue weighted by Crippen LogP contribution is -2.18. The van der Waals surface area contributed by atoms with Crippen molar-refractivity contribution in [2.24, 2.45) is 0 Å². The average Bonchev–Trinajstić information content (AvgIpc) is 3.22. The van der Waals surface area contributed by atoms with Crippen molar-refractivity contribution in [2.75, 3.05) is 5.32 Å². The van der Waals surface area contributed by atoms with Crippen LogP contribution in [-0.2, 0) is 11.3 Å². The Labute approximate surface area is 141 Å². The van der Waals surface area contributed by atoms with Crippen LogP contribution in [0.25, 0.3) is 11.5 Å². The number of carbonyl (C=O) groups is 2. The van der Waals surface area contributed by atoms with Gasteiger partial charge in [0.2, 0.25) is 5.91 Å². The van der Waals surface area contributed by atoms with Crippen LogP contribution in [0.1, 0.15) is 23.2 Å². The van der Waals surface area contributed by atoms with E-state index in [1.54, 1.807) is 17.5 Å². The third kappa shape index (κ3) is 3.82. The lowest BCUT2D eigenvalue weighted by Gasteiger charge is -1.99. The van der Waals surface area contributed by atoms with Crippen LogP contribution < -0.4 is 10.6 Å². The number of thiazole rings is 1. The largest absolute Gasteiger partial charge is 0.458 e. The maximum absolute atomic E-state index is 12.0. The van der Waals surface area contributed by atoms with E-state index in [-0.39, 0.29) is 17.5 Å². The Hall–Kier alpha value is -3.07. The molecule has 3 rings (SSSR count). The Morgan fingerprint density at radius 1 is 1.29 bits per heavy atom. The van der Waals surface area contributed by atoms with E-state index in [2.05, 4.69) is 25.6 Å². The molecule has 0 unspecified atom stereocenters. The lowest BCUT2D eigenvalue weighted by atomic mass is 10.3. The third-order valence-corrected chi connectivity index (χ3v) is 3.70. The first-order valence-corrected chi connectivity index (χ1v) is 7.86. The molecule has 0 saturated heterocycles. The van der Waals surface area contributed by atoms with Crippen molar-refractivity contribution < 1.29 is 14.0 Å². The lowest BCUT2D eigenvalue weighted by molar-refractivity contribution is -0.119. The summed E-state index contributed by atoms with van der Waals surface area (Å²) in [6, 6.07) is 3.53. The van der Waals surface area contributed by atoms with E-state index in [0.717, 1.165) is 0 Å². The molecule has 0 aromatic carbocycles. The standard InChI is InChI=1S/C15H13N5O3S/c1-9(21)18-6-10-2-3-13(23-10)12-8-24-15(19-12)20-14(22)11-7-16-4-5-17-11/h2-5,7-8H,6H2,1H3,(H,18,21)(H,19,20,22). The minimum absolute atomic E-state index is 0.129. The molecule has 2 N–H and O–H groups in total. The molecule has 122 valence electrons. The number of hydrogen-bond donors (Lipinski definition) is 2. The second-order valence-electron chi connectivity index (χ2n) is 4.76. The molecule has 2 amide bonds. The van der Waals surface area contributed by atoms with Gasteiger partial charge in [0.25, 0.3) is 5.91 Å². The van der Waals surface area contributed by atoms with Crippen LogP contribution >= 0.6 is 11.3 Å². The van der Waals surface area contributed by atoms with Gasteiger partial charge in [0, 0.05) is 24.7 Å². The number of anilines is 1. The average molecular weight is 343 g/mol. The number of nitrogens with zero attached hydrogens (tertiary/aromatic N) is 3. The normalized spacial score (nSPS) is 10.4. The maximum atomic E-state index is 12.0. The van der Waals surface area contributed by atoms with Crippen LogP contribution in [0.15, 0.2) is 40.5 Å². The predicted molar refractivity (Wildman–Crippen MR) is 87.3 cm³/mol. The minimum atomic E-state index is -0.380. The van der Waals surface area contributed by atoms with Crippen LogP contribution in [0.4, 0.5) is 5.13 Å². The number of carbonyl (C=O) groups excluding carboxylic acids is 2. The topological polar surface area (TPSA) is 110 Å².